The average molecular weight is 353 g/mol. The smallest absolute Gasteiger partial charge is 0.129 e. The molecule has 3 rings (SSSR count). The number of halogens is 3. The SMILES string of the molecule is Fc1ccc(CC(Br)c2csc3ccccc23)c(F)c1. The van der Waals surface area contributed by atoms with Crippen molar-refractivity contribution in [2.45, 2.75) is 11.2 Å². The fourth-order valence-electron chi connectivity index (χ4n) is 2.23. The van der Waals surface area contributed by atoms with Crippen LogP contribution >= 0.6 is 27.3 Å². The van der Waals surface area contributed by atoms with Crippen molar-refractivity contribution >= 4 is 37.4 Å². The van der Waals surface area contributed by atoms with Crippen LogP contribution in [0.15, 0.2) is 47.8 Å². The minimum atomic E-state index is -0.543. The molecule has 2 aromatic carbocycles. The maximum absolute atomic E-state index is 13.7. The van der Waals surface area contributed by atoms with Gasteiger partial charge in [-0.1, -0.05) is 40.2 Å². The molecule has 0 aliphatic heterocycles. The Hall–Kier alpha value is -1.26. The molecular formula is C16H11BrF2S. The molecule has 0 bridgehead atoms. The van der Waals surface area contributed by atoms with Gasteiger partial charge in [-0.3, -0.25) is 0 Å². The molecule has 0 aliphatic rings. The molecule has 3 aromatic rings. The first-order valence-corrected chi connectivity index (χ1v) is 7.99. The van der Waals surface area contributed by atoms with Crippen molar-refractivity contribution in [3.63, 3.8) is 0 Å². The molecule has 0 aliphatic carbocycles. The first-order chi connectivity index (χ1) is 9.65. The summed E-state index contributed by atoms with van der Waals surface area (Å²) in [5, 5.41) is 3.27. The predicted molar refractivity (Wildman–Crippen MR) is 83.6 cm³/mol. The van der Waals surface area contributed by atoms with Crippen molar-refractivity contribution in [3.8, 4) is 0 Å². The molecule has 1 aromatic heterocycles. The number of thiophene rings is 1. The lowest BCUT2D eigenvalue weighted by molar-refractivity contribution is 0.571. The fraction of sp³-hybridized carbons (Fsp3) is 0.125. The van der Waals surface area contributed by atoms with E-state index in [9.17, 15) is 8.78 Å². The van der Waals surface area contributed by atoms with E-state index >= 15 is 0 Å². The highest BCUT2D eigenvalue weighted by Crippen LogP contribution is 2.36. The summed E-state index contributed by atoms with van der Waals surface area (Å²) < 4.78 is 27.8. The molecule has 20 heavy (non-hydrogen) atoms. The molecule has 1 atom stereocenters. The van der Waals surface area contributed by atoms with Crippen molar-refractivity contribution in [2.75, 3.05) is 0 Å². The van der Waals surface area contributed by atoms with Crippen LogP contribution in [0.25, 0.3) is 10.1 Å². The molecular weight excluding hydrogens is 342 g/mol. The summed E-state index contributed by atoms with van der Waals surface area (Å²) in [4.78, 5) is 0.0126. The minimum Gasteiger partial charge on any atom is -0.207 e. The zero-order valence-corrected chi connectivity index (χ0v) is 12.8. The van der Waals surface area contributed by atoms with Gasteiger partial charge in [0.05, 0.1) is 0 Å². The number of hydrogen-bond acceptors (Lipinski definition) is 1. The first kappa shape index (κ1) is 13.7. The van der Waals surface area contributed by atoms with E-state index in [4.69, 9.17) is 0 Å². The maximum Gasteiger partial charge on any atom is 0.129 e. The summed E-state index contributed by atoms with van der Waals surface area (Å²) in [5.74, 6) is -1.03. The monoisotopic (exact) mass is 352 g/mol. The summed E-state index contributed by atoms with van der Waals surface area (Å²) in [5.41, 5.74) is 1.66. The molecule has 0 N–H and O–H groups in total. The van der Waals surface area contributed by atoms with E-state index in [0.717, 1.165) is 11.6 Å². The van der Waals surface area contributed by atoms with Gasteiger partial charge in [0.15, 0.2) is 0 Å². The molecule has 102 valence electrons. The standard InChI is InChI=1S/C16H11BrF2S/c17-14(7-10-5-6-11(18)8-15(10)19)13-9-20-16-4-2-1-3-12(13)16/h1-6,8-9,14H,7H2. The van der Waals surface area contributed by atoms with Gasteiger partial charge < -0.3 is 0 Å². The third kappa shape index (κ3) is 2.63. The molecule has 0 radical (unpaired) electrons. The van der Waals surface area contributed by atoms with Gasteiger partial charge >= 0.3 is 0 Å². The molecule has 0 nitrogen and oxygen atoms in total. The highest BCUT2D eigenvalue weighted by atomic mass is 79.9. The lowest BCUT2D eigenvalue weighted by atomic mass is 10.0. The minimum absolute atomic E-state index is 0.0126. The van der Waals surface area contributed by atoms with E-state index in [0.29, 0.717) is 12.0 Å². The zero-order chi connectivity index (χ0) is 14.1. The van der Waals surface area contributed by atoms with Crippen molar-refractivity contribution in [1.82, 2.24) is 0 Å². The van der Waals surface area contributed by atoms with Gasteiger partial charge in [0.25, 0.3) is 0 Å². The van der Waals surface area contributed by atoms with Gasteiger partial charge in [0.1, 0.15) is 11.6 Å². The molecule has 1 heterocycles. The molecule has 0 saturated heterocycles. The van der Waals surface area contributed by atoms with Crippen molar-refractivity contribution in [3.05, 3.63) is 70.6 Å². The molecule has 0 spiro atoms. The summed E-state index contributed by atoms with van der Waals surface area (Å²) in [6.45, 7) is 0. The van der Waals surface area contributed by atoms with E-state index in [-0.39, 0.29) is 4.83 Å². The van der Waals surface area contributed by atoms with Crippen LogP contribution in [0.3, 0.4) is 0 Å². The second kappa shape index (κ2) is 5.62. The Morgan fingerprint density at radius 2 is 1.90 bits per heavy atom. The predicted octanol–water partition coefficient (Wildman–Crippen LogP) is 5.86. The summed E-state index contributed by atoms with van der Waals surface area (Å²) in [6.07, 6.45) is 0.493. The number of benzene rings is 2. The Morgan fingerprint density at radius 1 is 1.10 bits per heavy atom. The third-order valence-corrected chi connectivity index (χ3v) is 5.06. The second-order valence-electron chi connectivity index (χ2n) is 4.59. The Kier molecular flexibility index (Phi) is 3.85. The summed E-state index contributed by atoms with van der Waals surface area (Å²) in [6, 6.07) is 11.9. The summed E-state index contributed by atoms with van der Waals surface area (Å²) in [7, 11) is 0. The average Bonchev–Trinajstić information content (AvgIpc) is 2.86. The van der Waals surface area contributed by atoms with Crippen molar-refractivity contribution in [1.29, 1.82) is 0 Å². The van der Waals surface area contributed by atoms with E-state index < -0.39 is 11.6 Å². The molecule has 0 fully saturated rings. The van der Waals surface area contributed by atoms with Gasteiger partial charge in [-0.05, 0) is 40.4 Å². The molecule has 0 saturated carbocycles. The van der Waals surface area contributed by atoms with E-state index in [2.05, 4.69) is 33.4 Å². The van der Waals surface area contributed by atoms with Gasteiger partial charge in [-0.25, -0.2) is 8.78 Å². The fourth-order valence-corrected chi connectivity index (χ4v) is 4.15. The first-order valence-electron chi connectivity index (χ1n) is 6.19. The molecule has 0 amide bonds. The topological polar surface area (TPSA) is 0 Å². The number of hydrogen-bond donors (Lipinski definition) is 0. The Balaban J connectivity index is 1.91. The maximum atomic E-state index is 13.7. The third-order valence-electron chi connectivity index (χ3n) is 3.26. The second-order valence-corrected chi connectivity index (χ2v) is 6.61. The normalized spacial score (nSPS) is 12.8. The quantitative estimate of drug-likeness (QED) is 0.518. The largest absolute Gasteiger partial charge is 0.207 e. The zero-order valence-electron chi connectivity index (χ0n) is 10.4. The van der Waals surface area contributed by atoms with Gasteiger partial charge in [-0.15, -0.1) is 11.3 Å². The number of rotatable bonds is 3. The van der Waals surface area contributed by atoms with Crippen LogP contribution in [0.4, 0.5) is 8.78 Å². The van der Waals surface area contributed by atoms with Crippen LogP contribution in [0.2, 0.25) is 0 Å². The van der Waals surface area contributed by atoms with Crippen LogP contribution in [-0.4, -0.2) is 0 Å². The van der Waals surface area contributed by atoms with Crippen molar-refractivity contribution < 1.29 is 8.78 Å². The van der Waals surface area contributed by atoms with Crippen LogP contribution in [-0.2, 0) is 6.42 Å². The van der Waals surface area contributed by atoms with E-state index in [1.165, 1.54) is 22.2 Å². The highest BCUT2D eigenvalue weighted by molar-refractivity contribution is 9.09. The van der Waals surface area contributed by atoms with E-state index in [1.807, 2.05) is 12.1 Å². The Bertz CT molecular complexity index is 751. The highest BCUT2D eigenvalue weighted by Gasteiger charge is 2.15. The van der Waals surface area contributed by atoms with Crippen molar-refractivity contribution in [2.24, 2.45) is 0 Å². The van der Waals surface area contributed by atoms with Gasteiger partial charge in [-0.2, -0.15) is 0 Å². The van der Waals surface area contributed by atoms with Gasteiger partial charge in [0, 0.05) is 15.6 Å². The molecule has 4 heteroatoms. The van der Waals surface area contributed by atoms with Crippen LogP contribution < -0.4 is 0 Å². The summed E-state index contributed by atoms with van der Waals surface area (Å²) >= 11 is 5.30. The molecule has 1 unspecified atom stereocenters. The van der Waals surface area contributed by atoms with Crippen LogP contribution in [0, 0.1) is 11.6 Å². The Morgan fingerprint density at radius 3 is 2.70 bits per heavy atom. The lowest BCUT2D eigenvalue weighted by Crippen LogP contribution is -1.98. The number of fused-ring (bicyclic) bond motifs is 1. The van der Waals surface area contributed by atoms with Crippen LogP contribution in [0.1, 0.15) is 16.0 Å². The van der Waals surface area contributed by atoms with Crippen LogP contribution in [0.5, 0.6) is 0 Å². The lowest BCUT2D eigenvalue weighted by Gasteiger charge is -2.10. The Labute approximate surface area is 128 Å². The van der Waals surface area contributed by atoms with E-state index in [1.54, 1.807) is 11.3 Å². The number of alkyl halides is 1. The van der Waals surface area contributed by atoms with Gasteiger partial charge in [0.2, 0.25) is 0 Å².